The summed E-state index contributed by atoms with van der Waals surface area (Å²) in [6.45, 7) is 8.63. The number of halogens is 2. The first kappa shape index (κ1) is 30.6. The average Bonchev–Trinajstić information content (AvgIpc) is 3.51. The van der Waals surface area contributed by atoms with E-state index in [9.17, 15) is 14.4 Å². The van der Waals surface area contributed by atoms with E-state index in [4.69, 9.17) is 9.47 Å². The molecule has 2 saturated carbocycles. The molecule has 11 heteroatoms. The number of carbonyl (C=O) groups is 3. The maximum absolute atomic E-state index is 16.0. The fraction of sp³-hybridized carbons (Fsp3) is 0.667. The second kappa shape index (κ2) is 11.2. The molecule has 238 valence electrons. The van der Waals surface area contributed by atoms with Crippen molar-refractivity contribution in [2.24, 2.45) is 29.1 Å². The fourth-order valence-corrected chi connectivity index (χ4v) is 7.67. The van der Waals surface area contributed by atoms with Crippen LogP contribution in [0.15, 0.2) is 24.3 Å². The molecule has 0 spiro atoms. The van der Waals surface area contributed by atoms with Crippen LogP contribution in [0.3, 0.4) is 0 Å². The van der Waals surface area contributed by atoms with Crippen LogP contribution >= 0.6 is 0 Å². The van der Waals surface area contributed by atoms with E-state index in [0.29, 0.717) is 35.7 Å². The van der Waals surface area contributed by atoms with Crippen molar-refractivity contribution in [3.63, 3.8) is 0 Å². The summed E-state index contributed by atoms with van der Waals surface area (Å²) in [5.74, 6) is -3.83. The van der Waals surface area contributed by atoms with E-state index < -0.39 is 59.6 Å². The Bertz CT molecular complexity index is 1460. The van der Waals surface area contributed by atoms with Gasteiger partial charge in [-0.15, -0.1) is 0 Å². The molecule has 3 fully saturated rings. The lowest BCUT2D eigenvalue weighted by atomic mass is 9.85. The van der Waals surface area contributed by atoms with E-state index in [1.807, 2.05) is 20.8 Å². The standard InChI is InChI=1S/C33H42F2N4O5/c1-17-25-16-39(26(17)18(2)40)30(41)28(32(3,4)5)38-31(42)44-24-15-19-14-21(19)20(24)10-8-9-13-33(34,35)27-29(43-25)37-23-12-7-6-11-22(23)36-27/h6-7,11-12,17,19-21,24-26,28H,8-10,13-16H2,1-5H3,(H,38,42)/t17-,19?,20-,21?,24-,25+,26+,28-/m1/s1. The third-order valence-electron chi connectivity index (χ3n) is 10.1. The number of para-hydroxylation sites is 2. The lowest BCUT2D eigenvalue weighted by molar-refractivity contribution is -0.141. The molecular formula is C33H42F2N4O5. The molecule has 1 N–H and O–H groups in total. The predicted molar refractivity (Wildman–Crippen MR) is 158 cm³/mol. The van der Waals surface area contributed by atoms with Crippen LogP contribution in [0.1, 0.15) is 78.8 Å². The van der Waals surface area contributed by atoms with E-state index >= 15 is 8.78 Å². The van der Waals surface area contributed by atoms with Crippen molar-refractivity contribution in [1.29, 1.82) is 0 Å². The summed E-state index contributed by atoms with van der Waals surface area (Å²) in [4.78, 5) is 50.6. The van der Waals surface area contributed by atoms with Gasteiger partial charge in [0.05, 0.1) is 23.6 Å². The highest BCUT2D eigenvalue weighted by atomic mass is 19.3. The first-order chi connectivity index (χ1) is 20.7. The predicted octanol–water partition coefficient (Wildman–Crippen LogP) is 5.64. The van der Waals surface area contributed by atoms with Gasteiger partial charge in [-0.05, 0) is 67.9 Å². The number of alkyl halides is 2. The number of hydrogen-bond donors (Lipinski definition) is 1. The normalized spacial score (nSPS) is 34.0. The summed E-state index contributed by atoms with van der Waals surface area (Å²) in [6.07, 6.45) is 1.08. The van der Waals surface area contributed by atoms with Crippen LogP contribution in [0.25, 0.3) is 11.0 Å². The maximum Gasteiger partial charge on any atom is 0.408 e. The molecule has 3 heterocycles. The minimum Gasteiger partial charge on any atom is -0.471 e. The molecule has 44 heavy (non-hydrogen) atoms. The first-order valence-electron chi connectivity index (χ1n) is 15.8. The Balaban J connectivity index is 1.40. The number of rotatable bonds is 1. The highest BCUT2D eigenvalue weighted by Crippen LogP contribution is 2.58. The Morgan fingerprint density at radius 1 is 1.02 bits per heavy atom. The summed E-state index contributed by atoms with van der Waals surface area (Å²) >= 11 is 0. The highest BCUT2D eigenvalue weighted by Gasteiger charge is 2.55. The molecule has 1 aromatic heterocycles. The van der Waals surface area contributed by atoms with Crippen molar-refractivity contribution < 1.29 is 32.6 Å². The summed E-state index contributed by atoms with van der Waals surface area (Å²) in [6, 6.07) is 4.93. The Kier molecular flexibility index (Phi) is 7.81. The van der Waals surface area contributed by atoms with E-state index in [2.05, 4.69) is 15.3 Å². The number of ether oxygens (including phenoxy) is 2. The smallest absolute Gasteiger partial charge is 0.408 e. The van der Waals surface area contributed by atoms with Gasteiger partial charge in [-0.25, -0.2) is 14.8 Å². The van der Waals surface area contributed by atoms with Gasteiger partial charge in [0.1, 0.15) is 18.2 Å². The number of nitrogens with one attached hydrogen (secondary N) is 1. The van der Waals surface area contributed by atoms with E-state index in [1.165, 1.54) is 11.8 Å². The molecule has 2 bridgehead atoms. The highest BCUT2D eigenvalue weighted by molar-refractivity contribution is 5.92. The lowest BCUT2D eigenvalue weighted by Gasteiger charge is -2.35. The maximum atomic E-state index is 16.0. The molecule has 2 unspecified atom stereocenters. The van der Waals surface area contributed by atoms with Crippen molar-refractivity contribution >= 4 is 28.8 Å². The SMILES string of the molecule is CC(=O)[C@@H]1[C@H](C)[C@@H]2CN1C(=O)[C@H](C(C)(C)C)NC(=O)O[C@@H]1CC3CC3[C@H]1CCCCC(F)(F)c1nc3ccccc3nc1O2. The van der Waals surface area contributed by atoms with Gasteiger partial charge >= 0.3 is 6.09 Å². The zero-order chi connectivity index (χ0) is 31.6. The fourth-order valence-electron chi connectivity index (χ4n) is 7.67. The van der Waals surface area contributed by atoms with Crippen molar-refractivity contribution in [2.45, 2.75) is 103 Å². The van der Waals surface area contributed by atoms with E-state index in [1.54, 1.807) is 31.2 Å². The molecule has 1 saturated heterocycles. The van der Waals surface area contributed by atoms with Crippen LogP contribution < -0.4 is 10.1 Å². The van der Waals surface area contributed by atoms with Gasteiger partial charge in [0.25, 0.3) is 5.92 Å². The van der Waals surface area contributed by atoms with Crippen LogP contribution in [0, 0.1) is 29.1 Å². The number of benzene rings is 1. The van der Waals surface area contributed by atoms with Crippen LogP contribution in [-0.2, 0) is 20.2 Å². The monoisotopic (exact) mass is 612 g/mol. The number of nitrogens with zero attached hydrogens (tertiary/aromatic N) is 3. The molecule has 6 rings (SSSR count). The van der Waals surface area contributed by atoms with Gasteiger partial charge < -0.3 is 19.7 Å². The Labute approximate surface area is 256 Å². The number of ketones is 1. The number of amides is 2. The second-order valence-corrected chi connectivity index (χ2v) is 14.3. The van der Waals surface area contributed by atoms with Crippen LogP contribution in [0.4, 0.5) is 13.6 Å². The minimum atomic E-state index is -3.32. The molecule has 0 radical (unpaired) electrons. The van der Waals surface area contributed by atoms with Crippen LogP contribution in [0.5, 0.6) is 5.88 Å². The van der Waals surface area contributed by atoms with Crippen LogP contribution in [-0.4, -0.2) is 63.5 Å². The largest absolute Gasteiger partial charge is 0.471 e. The van der Waals surface area contributed by atoms with Crippen LogP contribution in [0.2, 0.25) is 0 Å². The third kappa shape index (κ3) is 5.74. The van der Waals surface area contributed by atoms with E-state index in [0.717, 1.165) is 12.8 Å². The molecule has 9 nitrogen and oxygen atoms in total. The first-order valence-corrected chi connectivity index (χ1v) is 15.8. The quantitative estimate of drug-likeness (QED) is 0.444. The zero-order valence-electron chi connectivity index (χ0n) is 26.0. The van der Waals surface area contributed by atoms with Gasteiger partial charge in [-0.1, -0.05) is 46.2 Å². The van der Waals surface area contributed by atoms with Crippen molar-refractivity contribution in [2.75, 3.05) is 6.54 Å². The van der Waals surface area contributed by atoms with Crippen molar-refractivity contribution in [3.8, 4) is 5.88 Å². The summed E-state index contributed by atoms with van der Waals surface area (Å²) in [5, 5.41) is 2.83. The van der Waals surface area contributed by atoms with Gasteiger partial charge in [0.2, 0.25) is 11.8 Å². The van der Waals surface area contributed by atoms with Gasteiger partial charge in [0.15, 0.2) is 11.5 Å². The molecular weight excluding hydrogens is 570 g/mol. The number of alkyl carbamates (subject to hydrolysis) is 1. The minimum absolute atomic E-state index is 0.0405. The summed E-state index contributed by atoms with van der Waals surface area (Å²) in [7, 11) is 0. The summed E-state index contributed by atoms with van der Waals surface area (Å²) < 4.78 is 44.1. The van der Waals surface area contributed by atoms with Gasteiger partial charge in [-0.2, -0.15) is 8.78 Å². The van der Waals surface area contributed by atoms with Crippen molar-refractivity contribution in [1.82, 2.24) is 20.2 Å². The second-order valence-electron chi connectivity index (χ2n) is 14.3. The van der Waals surface area contributed by atoms with Crippen molar-refractivity contribution in [3.05, 3.63) is 30.0 Å². The number of Topliss-reactive ketones (excluding diaryl/α,β-unsaturated/α-hetero) is 1. The summed E-state index contributed by atoms with van der Waals surface area (Å²) in [5.41, 5.74) is -0.494. The Morgan fingerprint density at radius 2 is 1.73 bits per heavy atom. The van der Waals surface area contributed by atoms with E-state index in [-0.39, 0.29) is 36.7 Å². The third-order valence-corrected chi connectivity index (χ3v) is 10.1. The molecule has 2 amide bonds. The Hall–Kier alpha value is -3.37. The molecule has 2 aliphatic heterocycles. The van der Waals surface area contributed by atoms with Gasteiger partial charge in [-0.3, -0.25) is 9.59 Å². The topological polar surface area (TPSA) is 111 Å². The number of fused-ring (bicyclic) bond motifs is 7. The number of hydrogen-bond acceptors (Lipinski definition) is 7. The lowest BCUT2D eigenvalue weighted by Crippen LogP contribution is -2.57. The number of aromatic nitrogens is 2. The Morgan fingerprint density at radius 3 is 2.41 bits per heavy atom. The number of carbonyl (C=O) groups excluding carboxylic acids is 3. The molecule has 2 aliphatic carbocycles. The molecule has 1 aromatic carbocycles. The van der Waals surface area contributed by atoms with Gasteiger partial charge in [0, 0.05) is 12.3 Å². The molecule has 8 atom stereocenters. The molecule has 4 aliphatic rings. The zero-order valence-corrected chi connectivity index (χ0v) is 26.0. The molecule has 2 aromatic rings. The average molecular weight is 613 g/mol.